The van der Waals surface area contributed by atoms with Crippen molar-refractivity contribution < 1.29 is 15.0 Å². The van der Waals surface area contributed by atoms with Crippen LogP contribution in [0, 0.1) is 0 Å². The standard InChI is InChI=1S/C16H13N3O4/c20-12(6-7-13(21)22)14-15(23)11(10-4-2-1-3-5-10)8-19-9-17-18-16(14)19/h1-5,8-9,20H,6-7H2,(H,21,22)/b14-12-. The van der Waals surface area contributed by atoms with Gasteiger partial charge in [0.15, 0.2) is 5.65 Å². The van der Waals surface area contributed by atoms with E-state index in [1.54, 1.807) is 30.5 Å². The highest BCUT2D eigenvalue weighted by Crippen LogP contribution is 2.14. The second kappa shape index (κ2) is 5.88. The van der Waals surface area contributed by atoms with Crippen molar-refractivity contribution in [2.75, 3.05) is 0 Å². The molecule has 7 heteroatoms. The fourth-order valence-electron chi connectivity index (χ4n) is 2.38. The molecular weight excluding hydrogens is 298 g/mol. The molecule has 0 fully saturated rings. The predicted octanol–water partition coefficient (Wildman–Crippen LogP) is 1.01. The normalized spacial score (nSPS) is 12.3. The summed E-state index contributed by atoms with van der Waals surface area (Å²) in [7, 11) is 0. The van der Waals surface area contributed by atoms with Crippen LogP contribution in [0.1, 0.15) is 12.8 Å². The number of pyridine rings is 1. The van der Waals surface area contributed by atoms with Crippen LogP contribution in [0.5, 0.6) is 0 Å². The Morgan fingerprint density at radius 2 is 1.87 bits per heavy atom. The third-order valence-corrected chi connectivity index (χ3v) is 3.49. The van der Waals surface area contributed by atoms with Gasteiger partial charge in [-0.15, -0.1) is 10.2 Å². The van der Waals surface area contributed by atoms with Crippen LogP contribution in [-0.4, -0.2) is 30.8 Å². The topological polar surface area (TPSA) is 105 Å². The van der Waals surface area contributed by atoms with E-state index in [0.29, 0.717) is 11.1 Å². The van der Waals surface area contributed by atoms with E-state index in [1.807, 2.05) is 6.07 Å². The van der Waals surface area contributed by atoms with Crippen molar-refractivity contribution in [1.82, 2.24) is 14.6 Å². The second-order valence-electron chi connectivity index (χ2n) is 5.02. The van der Waals surface area contributed by atoms with E-state index in [2.05, 4.69) is 10.2 Å². The van der Waals surface area contributed by atoms with E-state index in [0.717, 1.165) is 0 Å². The average molecular weight is 311 g/mol. The minimum atomic E-state index is -1.05. The number of aromatic nitrogens is 3. The smallest absolute Gasteiger partial charge is 0.303 e. The van der Waals surface area contributed by atoms with Crippen LogP contribution in [0.15, 0.2) is 47.7 Å². The van der Waals surface area contributed by atoms with Crippen LogP contribution in [0.25, 0.3) is 22.5 Å². The zero-order valence-corrected chi connectivity index (χ0v) is 12.0. The Labute approximate surface area is 130 Å². The van der Waals surface area contributed by atoms with Crippen molar-refractivity contribution in [3.05, 3.63) is 58.3 Å². The van der Waals surface area contributed by atoms with Gasteiger partial charge in [-0.2, -0.15) is 0 Å². The molecule has 1 aromatic carbocycles. The molecule has 0 radical (unpaired) electrons. The Bertz CT molecular complexity index is 980. The molecule has 0 bridgehead atoms. The number of carboxylic acids is 1. The monoisotopic (exact) mass is 311 g/mol. The predicted molar refractivity (Wildman–Crippen MR) is 82.8 cm³/mol. The number of fused-ring (bicyclic) bond motifs is 1. The molecule has 2 aromatic heterocycles. The molecule has 2 N–H and O–H groups in total. The molecule has 3 aromatic rings. The molecule has 23 heavy (non-hydrogen) atoms. The zero-order chi connectivity index (χ0) is 16.4. The number of aliphatic hydroxyl groups is 1. The summed E-state index contributed by atoms with van der Waals surface area (Å²) in [5, 5.41) is 26.5. The molecular formula is C16H13N3O4. The van der Waals surface area contributed by atoms with Gasteiger partial charge in [-0.3, -0.25) is 14.0 Å². The van der Waals surface area contributed by atoms with Crippen LogP contribution in [0.3, 0.4) is 0 Å². The lowest BCUT2D eigenvalue weighted by atomic mass is 10.1. The van der Waals surface area contributed by atoms with Crippen LogP contribution >= 0.6 is 0 Å². The zero-order valence-electron chi connectivity index (χ0n) is 12.0. The summed E-state index contributed by atoms with van der Waals surface area (Å²) in [5.41, 5.74) is 0.882. The lowest BCUT2D eigenvalue weighted by molar-refractivity contribution is -0.136. The van der Waals surface area contributed by atoms with Gasteiger partial charge in [0.1, 0.15) is 17.3 Å². The quantitative estimate of drug-likeness (QED) is 0.745. The number of carbonyl (C=O) groups is 1. The van der Waals surface area contributed by atoms with Gasteiger partial charge < -0.3 is 10.2 Å². The number of nitrogens with zero attached hydrogens (tertiary/aromatic N) is 3. The van der Waals surface area contributed by atoms with Gasteiger partial charge >= 0.3 is 5.97 Å². The molecule has 0 spiro atoms. The van der Waals surface area contributed by atoms with E-state index in [1.165, 1.54) is 10.7 Å². The minimum absolute atomic E-state index is 0.00916. The molecule has 3 rings (SSSR count). The highest BCUT2D eigenvalue weighted by atomic mass is 16.4. The Morgan fingerprint density at radius 3 is 2.57 bits per heavy atom. The third-order valence-electron chi connectivity index (χ3n) is 3.49. The Kier molecular flexibility index (Phi) is 3.76. The van der Waals surface area contributed by atoms with Crippen molar-refractivity contribution >= 4 is 17.4 Å². The Morgan fingerprint density at radius 1 is 1.13 bits per heavy atom. The van der Waals surface area contributed by atoms with Crippen LogP contribution < -0.4 is 10.6 Å². The molecule has 0 aliphatic heterocycles. The molecule has 0 aliphatic carbocycles. The summed E-state index contributed by atoms with van der Waals surface area (Å²) in [4.78, 5) is 23.4. The van der Waals surface area contributed by atoms with Gasteiger partial charge in [-0.1, -0.05) is 30.3 Å². The van der Waals surface area contributed by atoms with Gasteiger partial charge in [-0.25, -0.2) is 0 Å². The maximum absolute atomic E-state index is 12.8. The van der Waals surface area contributed by atoms with E-state index < -0.39 is 11.4 Å². The van der Waals surface area contributed by atoms with Crippen LogP contribution in [-0.2, 0) is 4.79 Å². The first-order chi connectivity index (χ1) is 11.1. The summed E-state index contributed by atoms with van der Waals surface area (Å²) in [6, 6.07) is 9.01. The maximum atomic E-state index is 12.8. The van der Waals surface area contributed by atoms with Crippen molar-refractivity contribution in [1.29, 1.82) is 0 Å². The third kappa shape index (κ3) is 2.76. The molecule has 0 saturated heterocycles. The van der Waals surface area contributed by atoms with Crippen LogP contribution in [0.4, 0.5) is 0 Å². The first-order valence-electron chi connectivity index (χ1n) is 6.93. The molecule has 0 unspecified atom stereocenters. The van der Waals surface area contributed by atoms with Crippen molar-refractivity contribution in [3.8, 4) is 11.1 Å². The summed E-state index contributed by atoms with van der Waals surface area (Å²) < 4.78 is 1.54. The lowest BCUT2D eigenvalue weighted by Gasteiger charge is -2.04. The molecule has 7 nitrogen and oxygen atoms in total. The van der Waals surface area contributed by atoms with Gasteiger partial charge in [0.05, 0.1) is 6.42 Å². The summed E-state index contributed by atoms with van der Waals surface area (Å²) >= 11 is 0. The number of rotatable bonds is 4. The Balaban J connectivity index is 2.30. The number of benzene rings is 1. The molecule has 2 heterocycles. The highest BCUT2D eigenvalue weighted by molar-refractivity contribution is 5.69. The SMILES string of the molecule is O=C(O)CC/C(O)=c1\c(=O)c(-c2ccccc2)cn2cnnc12. The largest absolute Gasteiger partial charge is 0.511 e. The first-order valence-corrected chi connectivity index (χ1v) is 6.93. The molecule has 116 valence electrons. The van der Waals surface area contributed by atoms with Gasteiger partial charge in [-0.05, 0) is 5.56 Å². The van der Waals surface area contributed by atoms with E-state index in [9.17, 15) is 14.7 Å². The average Bonchev–Trinajstić information content (AvgIpc) is 3.00. The summed E-state index contributed by atoms with van der Waals surface area (Å²) in [5.74, 6) is -1.35. The van der Waals surface area contributed by atoms with Crippen molar-refractivity contribution in [3.63, 3.8) is 0 Å². The van der Waals surface area contributed by atoms with Crippen molar-refractivity contribution in [2.45, 2.75) is 12.8 Å². The molecule has 0 amide bonds. The lowest BCUT2D eigenvalue weighted by Crippen LogP contribution is -2.31. The highest BCUT2D eigenvalue weighted by Gasteiger charge is 2.13. The fraction of sp³-hybridized carbons (Fsp3) is 0.125. The first kappa shape index (κ1) is 14.7. The minimum Gasteiger partial charge on any atom is -0.511 e. The number of aliphatic hydroxyl groups excluding tert-OH is 1. The second-order valence-corrected chi connectivity index (χ2v) is 5.02. The van der Waals surface area contributed by atoms with Crippen LogP contribution in [0.2, 0.25) is 0 Å². The van der Waals surface area contributed by atoms with Gasteiger partial charge in [0, 0.05) is 18.2 Å². The maximum Gasteiger partial charge on any atom is 0.303 e. The molecule has 0 aliphatic rings. The number of aliphatic carboxylic acids is 1. The fourth-order valence-corrected chi connectivity index (χ4v) is 2.38. The summed E-state index contributed by atoms with van der Waals surface area (Å²) in [6.07, 6.45) is 2.60. The van der Waals surface area contributed by atoms with E-state index >= 15 is 0 Å². The number of hydrogen-bond acceptors (Lipinski definition) is 5. The van der Waals surface area contributed by atoms with E-state index in [4.69, 9.17) is 5.11 Å². The molecule has 0 saturated carbocycles. The Hall–Kier alpha value is -3.22. The molecule has 0 atom stereocenters. The summed E-state index contributed by atoms with van der Waals surface area (Å²) in [6.45, 7) is 0. The van der Waals surface area contributed by atoms with Crippen molar-refractivity contribution in [2.24, 2.45) is 0 Å². The van der Waals surface area contributed by atoms with E-state index in [-0.39, 0.29) is 29.5 Å². The van der Waals surface area contributed by atoms with Gasteiger partial charge in [0.2, 0.25) is 5.43 Å². The number of hydrogen-bond donors (Lipinski definition) is 2. The van der Waals surface area contributed by atoms with Gasteiger partial charge in [0.25, 0.3) is 0 Å². The number of carboxylic acid groups (broad SMARTS) is 1.